The molecule has 3 atom stereocenters. The number of aliphatic hydroxyl groups excluding tert-OH is 1. The summed E-state index contributed by atoms with van der Waals surface area (Å²) in [5, 5.41) is 9.71. The van der Waals surface area contributed by atoms with Crippen LogP contribution in [0.25, 0.3) is 0 Å². The maximum absolute atomic E-state index is 12.4. The van der Waals surface area contributed by atoms with E-state index in [1.54, 1.807) is 4.90 Å². The highest BCUT2D eigenvalue weighted by molar-refractivity contribution is 5.69. The van der Waals surface area contributed by atoms with E-state index in [2.05, 4.69) is 4.90 Å². The average Bonchev–Trinajstić information content (AvgIpc) is 2.45. The molecular weight excluding hydrogens is 268 g/mol. The Morgan fingerprint density at radius 3 is 2.52 bits per heavy atom. The van der Waals surface area contributed by atoms with Gasteiger partial charge >= 0.3 is 6.09 Å². The van der Waals surface area contributed by atoms with E-state index < -0.39 is 5.60 Å². The third kappa shape index (κ3) is 2.90. The molecule has 4 rings (SSSR count). The molecule has 0 radical (unpaired) electrons. The predicted molar refractivity (Wildman–Crippen MR) is 80.0 cm³/mol. The minimum absolute atomic E-state index is 0.0369. The minimum Gasteiger partial charge on any atom is -0.444 e. The van der Waals surface area contributed by atoms with Gasteiger partial charge in [-0.25, -0.2) is 4.79 Å². The van der Waals surface area contributed by atoms with Gasteiger partial charge in [-0.15, -0.1) is 0 Å². The Morgan fingerprint density at radius 2 is 1.95 bits per heavy atom. The van der Waals surface area contributed by atoms with Crippen LogP contribution in [0.2, 0.25) is 0 Å². The summed E-state index contributed by atoms with van der Waals surface area (Å²) in [7, 11) is 0. The van der Waals surface area contributed by atoms with Gasteiger partial charge in [-0.05, 0) is 65.0 Å². The molecule has 1 N–H and O–H groups in total. The number of amides is 1. The second-order valence-electron chi connectivity index (χ2n) is 7.81. The molecule has 4 fully saturated rings. The van der Waals surface area contributed by atoms with E-state index in [1.165, 1.54) is 12.8 Å². The Morgan fingerprint density at radius 1 is 1.29 bits per heavy atom. The zero-order valence-corrected chi connectivity index (χ0v) is 13.4. The molecule has 4 heterocycles. The number of ether oxygens (including phenoxy) is 1. The summed E-state index contributed by atoms with van der Waals surface area (Å²) in [5.41, 5.74) is -0.486. The van der Waals surface area contributed by atoms with Crippen molar-refractivity contribution in [2.75, 3.05) is 26.2 Å². The van der Waals surface area contributed by atoms with Crippen molar-refractivity contribution < 1.29 is 14.6 Å². The molecule has 0 aliphatic carbocycles. The van der Waals surface area contributed by atoms with E-state index in [1.807, 2.05) is 20.8 Å². The van der Waals surface area contributed by atoms with Crippen molar-refractivity contribution in [2.45, 2.75) is 57.7 Å². The highest BCUT2D eigenvalue weighted by atomic mass is 16.6. The zero-order chi connectivity index (χ0) is 15.2. The number of carbonyl (C=O) groups is 1. The molecule has 0 aromatic heterocycles. The van der Waals surface area contributed by atoms with Gasteiger partial charge in [-0.1, -0.05) is 0 Å². The van der Waals surface area contributed by atoms with Crippen LogP contribution < -0.4 is 0 Å². The number of piperidine rings is 4. The lowest BCUT2D eigenvalue weighted by Gasteiger charge is -2.56. The van der Waals surface area contributed by atoms with Gasteiger partial charge in [0, 0.05) is 12.6 Å². The molecule has 0 aromatic carbocycles. The Bertz CT molecular complexity index is 399. The molecule has 4 aliphatic heterocycles. The SMILES string of the molecule is CC(C)(C)OC(=O)N1CC2C(CC1CO)C1CCN2CC1. The number of nitrogens with zero attached hydrogens (tertiary/aromatic N) is 2. The minimum atomic E-state index is -0.486. The number of fused-ring (bicyclic) bond motifs is 2. The monoisotopic (exact) mass is 296 g/mol. The summed E-state index contributed by atoms with van der Waals surface area (Å²) >= 11 is 0. The summed E-state index contributed by atoms with van der Waals surface area (Å²) in [6.07, 6.45) is 3.21. The van der Waals surface area contributed by atoms with Crippen molar-refractivity contribution in [2.24, 2.45) is 11.8 Å². The van der Waals surface area contributed by atoms with E-state index in [0.29, 0.717) is 18.5 Å². The number of aliphatic hydroxyl groups is 1. The van der Waals surface area contributed by atoms with E-state index in [0.717, 1.165) is 25.4 Å². The van der Waals surface area contributed by atoms with Crippen LogP contribution in [-0.4, -0.2) is 64.9 Å². The van der Waals surface area contributed by atoms with Crippen LogP contribution >= 0.6 is 0 Å². The van der Waals surface area contributed by atoms with Gasteiger partial charge in [-0.3, -0.25) is 4.90 Å². The highest BCUT2D eigenvalue weighted by Gasteiger charge is 2.48. The number of carbonyl (C=O) groups excluding carboxylic acids is 1. The van der Waals surface area contributed by atoms with E-state index in [-0.39, 0.29) is 18.7 Å². The molecule has 120 valence electrons. The summed E-state index contributed by atoms with van der Waals surface area (Å²) < 4.78 is 5.53. The molecule has 0 spiro atoms. The van der Waals surface area contributed by atoms with Crippen molar-refractivity contribution >= 4 is 6.09 Å². The summed E-state index contributed by atoms with van der Waals surface area (Å²) in [6.45, 7) is 8.74. The Labute approximate surface area is 127 Å². The summed E-state index contributed by atoms with van der Waals surface area (Å²) in [4.78, 5) is 16.7. The van der Waals surface area contributed by atoms with Gasteiger partial charge in [-0.2, -0.15) is 0 Å². The lowest BCUT2D eigenvalue weighted by Crippen LogP contribution is -2.65. The molecule has 5 nitrogen and oxygen atoms in total. The van der Waals surface area contributed by atoms with Gasteiger partial charge in [0.05, 0.1) is 12.6 Å². The first-order valence-corrected chi connectivity index (χ1v) is 8.23. The first-order chi connectivity index (χ1) is 9.89. The Hall–Kier alpha value is -0.810. The second kappa shape index (κ2) is 5.43. The first kappa shape index (κ1) is 15.1. The molecule has 21 heavy (non-hydrogen) atoms. The van der Waals surface area contributed by atoms with Crippen molar-refractivity contribution in [3.8, 4) is 0 Å². The van der Waals surface area contributed by atoms with Crippen LogP contribution in [0.1, 0.15) is 40.0 Å². The smallest absolute Gasteiger partial charge is 0.410 e. The number of likely N-dealkylation sites (tertiary alicyclic amines) is 1. The topological polar surface area (TPSA) is 53.0 Å². The van der Waals surface area contributed by atoms with E-state index >= 15 is 0 Å². The van der Waals surface area contributed by atoms with Crippen LogP contribution in [0.5, 0.6) is 0 Å². The first-order valence-electron chi connectivity index (χ1n) is 8.23. The van der Waals surface area contributed by atoms with Gasteiger partial charge in [0.2, 0.25) is 0 Å². The maximum Gasteiger partial charge on any atom is 0.410 e. The normalized spacial score (nSPS) is 39.0. The summed E-state index contributed by atoms with van der Waals surface area (Å²) in [6, 6.07) is 0.384. The zero-order valence-electron chi connectivity index (χ0n) is 13.4. The average molecular weight is 296 g/mol. The molecule has 1 amide bonds. The molecule has 0 aromatic rings. The quantitative estimate of drug-likeness (QED) is 0.800. The van der Waals surface area contributed by atoms with Gasteiger partial charge in [0.25, 0.3) is 0 Å². The van der Waals surface area contributed by atoms with Gasteiger partial charge < -0.3 is 14.7 Å². The lowest BCUT2D eigenvalue weighted by atomic mass is 9.69. The lowest BCUT2D eigenvalue weighted by molar-refractivity contribution is -0.0830. The molecule has 4 aliphatic rings. The van der Waals surface area contributed by atoms with E-state index in [4.69, 9.17) is 4.74 Å². The molecular formula is C16H28N2O3. The maximum atomic E-state index is 12.4. The molecule has 0 saturated carbocycles. The van der Waals surface area contributed by atoms with Gasteiger partial charge in [0.15, 0.2) is 0 Å². The molecule has 4 saturated heterocycles. The van der Waals surface area contributed by atoms with E-state index in [9.17, 15) is 9.90 Å². The van der Waals surface area contributed by atoms with Crippen molar-refractivity contribution in [1.29, 1.82) is 0 Å². The van der Waals surface area contributed by atoms with Crippen molar-refractivity contribution in [3.05, 3.63) is 0 Å². The fourth-order valence-electron chi connectivity index (χ4n) is 4.37. The Balaban J connectivity index is 1.74. The van der Waals surface area contributed by atoms with Crippen LogP contribution in [0, 0.1) is 11.8 Å². The highest BCUT2D eigenvalue weighted by Crippen LogP contribution is 2.43. The largest absolute Gasteiger partial charge is 0.444 e. The third-order valence-corrected chi connectivity index (χ3v) is 5.35. The van der Waals surface area contributed by atoms with Crippen LogP contribution in [0.3, 0.4) is 0 Å². The molecule has 3 unspecified atom stereocenters. The fourth-order valence-corrected chi connectivity index (χ4v) is 4.37. The van der Waals surface area contributed by atoms with Crippen molar-refractivity contribution in [3.63, 3.8) is 0 Å². The Kier molecular flexibility index (Phi) is 3.91. The van der Waals surface area contributed by atoms with Crippen LogP contribution in [-0.2, 0) is 4.74 Å². The van der Waals surface area contributed by atoms with Crippen LogP contribution in [0.4, 0.5) is 4.79 Å². The number of hydrogen-bond acceptors (Lipinski definition) is 4. The summed E-state index contributed by atoms with van der Waals surface area (Å²) in [5.74, 6) is 1.43. The molecule has 5 heteroatoms. The van der Waals surface area contributed by atoms with Crippen molar-refractivity contribution in [1.82, 2.24) is 9.80 Å². The third-order valence-electron chi connectivity index (χ3n) is 5.35. The standard InChI is InChI=1S/C16H28N2O3/c1-16(2,3)21-15(20)18-9-14-13(8-12(18)10-19)11-4-6-17(14)7-5-11/h11-14,19H,4-10H2,1-3H3. The fraction of sp³-hybridized carbons (Fsp3) is 0.938. The second-order valence-corrected chi connectivity index (χ2v) is 7.81. The number of hydrogen-bond donors (Lipinski definition) is 1. The van der Waals surface area contributed by atoms with Gasteiger partial charge in [0.1, 0.15) is 5.60 Å². The molecule has 2 bridgehead atoms. The number of rotatable bonds is 1. The van der Waals surface area contributed by atoms with Crippen LogP contribution in [0.15, 0.2) is 0 Å². The predicted octanol–water partition coefficient (Wildman–Crippen LogP) is 1.70.